The SMILES string of the molecule is c1ccc(-c2ccc3oc4cc(-c5cc(-c6ccccc6)nc(-c6cc(-c7cnc8c9ccccc9c9ccccc9c8n7)cc(-c7cc8ccccc8c8ccccc78)c6)c5)ccc4c3c2)cc1. The van der Waals surface area contributed by atoms with Crippen LogP contribution in [0.3, 0.4) is 0 Å². The highest BCUT2D eigenvalue weighted by atomic mass is 16.3. The fourth-order valence-electron chi connectivity index (χ4n) is 10.5. The molecule has 0 unspecified atom stereocenters. The minimum absolute atomic E-state index is 0.793. The summed E-state index contributed by atoms with van der Waals surface area (Å²) in [5.74, 6) is 0. The number of nitrogens with zero attached hydrogens (tertiary/aromatic N) is 3. The maximum atomic E-state index is 6.58. The molecule has 14 aromatic rings. The van der Waals surface area contributed by atoms with Crippen molar-refractivity contribution in [1.29, 1.82) is 0 Å². The van der Waals surface area contributed by atoms with E-state index in [4.69, 9.17) is 19.4 Å². The molecule has 69 heavy (non-hydrogen) atoms. The number of aromatic nitrogens is 3. The van der Waals surface area contributed by atoms with E-state index in [1.54, 1.807) is 0 Å². The molecule has 0 fully saturated rings. The van der Waals surface area contributed by atoms with E-state index in [-0.39, 0.29) is 0 Å². The van der Waals surface area contributed by atoms with Gasteiger partial charge in [0, 0.05) is 38.2 Å². The smallest absolute Gasteiger partial charge is 0.136 e. The first kappa shape index (κ1) is 39.0. The molecule has 0 saturated carbocycles. The third kappa shape index (κ3) is 6.57. The average molecular weight is 878 g/mol. The topological polar surface area (TPSA) is 51.8 Å². The van der Waals surface area contributed by atoms with Crippen molar-refractivity contribution in [2.75, 3.05) is 0 Å². The molecule has 320 valence electrons. The predicted octanol–water partition coefficient (Wildman–Crippen LogP) is 17.5. The fourth-order valence-corrected chi connectivity index (χ4v) is 10.5. The molecule has 0 spiro atoms. The number of rotatable bonds is 6. The van der Waals surface area contributed by atoms with Gasteiger partial charge in [-0.1, -0.05) is 170 Å². The van der Waals surface area contributed by atoms with Gasteiger partial charge in [0.1, 0.15) is 11.2 Å². The fraction of sp³-hybridized carbons (Fsp3) is 0. The van der Waals surface area contributed by atoms with E-state index < -0.39 is 0 Å². The Balaban J connectivity index is 0.996. The van der Waals surface area contributed by atoms with Crippen LogP contribution in [0.2, 0.25) is 0 Å². The Kier molecular flexibility index (Phi) is 8.86. The summed E-state index contributed by atoms with van der Waals surface area (Å²) in [5.41, 5.74) is 15.6. The second-order valence-electron chi connectivity index (χ2n) is 17.9. The number of fused-ring (bicyclic) bond motifs is 12. The molecule has 3 heterocycles. The molecule has 0 N–H and O–H groups in total. The zero-order chi connectivity index (χ0) is 45.4. The Hall–Kier alpha value is -9.25. The van der Waals surface area contributed by atoms with Gasteiger partial charge in [-0.15, -0.1) is 0 Å². The van der Waals surface area contributed by atoms with Crippen LogP contribution in [0.5, 0.6) is 0 Å². The molecular formula is C65H39N3O. The molecule has 0 aliphatic carbocycles. The van der Waals surface area contributed by atoms with Gasteiger partial charge in [-0.25, -0.2) is 9.97 Å². The molecule has 0 saturated heterocycles. The number of furan rings is 1. The molecule has 0 atom stereocenters. The van der Waals surface area contributed by atoms with Crippen molar-refractivity contribution in [3.8, 4) is 67.2 Å². The van der Waals surface area contributed by atoms with Gasteiger partial charge in [0.2, 0.25) is 0 Å². The maximum Gasteiger partial charge on any atom is 0.136 e. The van der Waals surface area contributed by atoms with Gasteiger partial charge >= 0.3 is 0 Å². The molecule has 0 aliphatic rings. The molecule has 0 radical (unpaired) electrons. The Morgan fingerprint density at radius 3 is 1.55 bits per heavy atom. The Morgan fingerprint density at radius 2 is 0.812 bits per heavy atom. The second kappa shape index (κ2) is 15.7. The Bertz CT molecular complexity index is 4330. The van der Waals surface area contributed by atoms with E-state index in [1.807, 2.05) is 12.3 Å². The van der Waals surface area contributed by atoms with E-state index in [0.717, 1.165) is 111 Å². The minimum Gasteiger partial charge on any atom is -0.456 e. The summed E-state index contributed by atoms with van der Waals surface area (Å²) in [6, 6.07) is 82.0. The van der Waals surface area contributed by atoms with Gasteiger partial charge in [-0.2, -0.15) is 0 Å². The monoisotopic (exact) mass is 877 g/mol. The standard InChI is InChI=1S/C65H39N3O/c1-3-15-40(16-4-1)42-28-30-62-58(34-42)54-29-27-43(38-63(54)69-62)45-36-59(41-17-5-2-6-18-41)67-60(37-45)47-31-46(57-35-44-19-7-8-20-49(44)50-21-9-10-24-53(50)57)32-48(33-47)61-39-66-64-55-25-13-11-22-51(55)52-23-12-14-26-56(52)65(64)68-61/h1-39H. The summed E-state index contributed by atoms with van der Waals surface area (Å²) in [7, 11) is 0. The maximum absolute atomic E-state index is 6.58. The molecule has 4 heteroatoms. The third-order valence-corrected chi connectivity index (χ3v) is 13.8. The lowest BCUT2D eigenvalue weighted by Crippen LogP contribution is -1.95. The number of hydrogen-bond donors (Lipinski definition) is 0. The zero-order valence-electron chi connectivity index (χ0n) is 37.3. The molecule has 0 aliphatic heterocycles. The molecular weight excluding hydrogens is 839 g/mol. The van der Waals surface area contributed by atoms with Crippen molar-refractivity contribution in [3.05, 3.63) is 237 Å². The molecule has 4 nitrogen and oxygen atoms in total. The summed E-state index contributed by atoms with van der Waals surface area (Å²) in [5, 5.41) is 11.5. The number of benzene rings is 11. The highest BCUT2D eigenvalue weighted by molar-refractivity contribution is 6.23. The zero-order valence-corrected chi connectivity index (χ0v) is 37.3. The van der Waals surface area contributed by atoms with Crippen LogP contribution >= 0.6 is 0 Å². The Morgan fingerprint density at radius 1 is 0.261 bits per heavy atom. The molecule has 11 aromatic carbocycles. The van der Waals surface area contributed by atoms with E-state index in [9.17, 15) is 0 Å². The van der Waals surface area contributed by atoms with Crippen molar-refractivity contribution in [2.45, 2.75) is 0 Å². The highest BCUT2D eigenvalue weighted by Gasteiger charge is 2.18. The first-order valence-electron chi connectivity index (χ1n) is 23.4. The van der Waals surface area contributed by atoms with Crippen molar-refractivity contribution < 1.29 is 4.42 Å². The predicted molar refractivity (Wildman–Crippen MR) is 287 cm³/mol. The van der Waals surface area contributed by atoms with E-state index in [1.165, 1.54) is 32.5 Å². The van der Waals surface area contributed by atoms with Gasteiger partial charge < -0.3 is 4.42 Å². The molecule has 14 rings (SSSR count). The summed E-state index contributed by atoms with van der Waals surface area (Å²) in [6.07, 6.45) is 1.94. The van der Waals surface area contributed by atoms with Crippen LogP contribution in [0.4, 0.5) is 0 Å². The van der Waals surface area contributed by atoms with Crippen LogP contribution in [-0.4, -0.2) is 15.0 Å². The molecule has 0 bridgehead atoms. The highest BCUT2D eigenvalue weighted by Crippen LogP contribution is 2.42. The summed E-state index contributed by atoms with van der Waals surface area (Å²) >= 11 is 0. The largest absolute Gasteiger partial charge is 0.456 e. The van der Waals surface area contributed by atoms with Crippen LogP contribution in [-0.2, 0) is 0 Å². The van der Waals surface area contributed by atoms with Crippen molar-refractivity contribution in [2.24, 2.45) is 0 Å². The normalized spacial score (nSPS) is 11.8. The quantitative estimate of drug-likeness (QED) is 0.156. The van der Waals surface area contributed by atoms with E-state index in [0.29, 0.717) is 0 Å². The first-order valence-corrected chi connectivity index (χ1v) is 23.4. The van der Waals surface area contributed by atoms with Crippen molar-refractivity contribution >= 4 is 76.1 Å². The number of hydrogen-bond acceptors (Lipinski definition) is 4. The average Bonchev–Trinajstić information content (AvgIpc) is 3.80. The van der Waals surface area contributed by atoms with E-state index in [2.05, 4.69) is 224 Å². The van der Waals surface area contributed by atoms with Gasteiger partial charge in [0.15, 0.2) is 0 Å². The lowest BCUT2D eigenvalue weighted by Gasteiger charge is -2.16. The van der Waals surface area contributed by atoms with Crippen LogP contribution in [0.15, 0.2) is 241 Å². The van der Waals surface area contributed by atoms with Crippen LogP contribution in [0.25, 0.3) is 143 Å². The lowest BCUT2D eigenvalue weighted by molar-refractivity contribution is 0.669. The lowest BCUT2D eigenvalue weighted by atomic mass is 9.90. The number of pyridine rings is 1. The van der Waals surface area contributed by atoms with Gasteiger partial charge in [-0.05, 0) is 126 Å². The second-order valence-corrected chi connectivity index (χ2v) is 17.9. The first-order chi connectivity index (χ1) is 34.2. The van der Waals surface area contributed by atoms with Crippen molar-refractivity contribution in [3.63, 3.8) is 0 Å². The third-order valence-electron chi connectivity index (χ3n) is 13.8. The van der Waals surface area contributed by atoms with Crippen molar-refractivity contribution in [1.82, 2.24) is 15.0 Å². The molecule has 3 aromatic heterocycles. The summed E-state index contributed by atoms with van der Waals surface area (Å²) in [6.45, 7) is 0. The summed E-state index contributed by atoms with van der Waals surface area (Å²) in [4.78, 5) is 16.2. The van der Waals surface area contributed by atoms with Crippen LogP contribution < -0.4 is 0 Å². The minimum atomic E-state index is 0.793. The van der Waals surface area contributed by atoms with E-state index >= 15 is 0 Å². The van der Waals surface area contributed by atoms with Gasteiger partial charge in [0.05, 0.1) is 34.3 Å². The van der Waals surface area contributed by atoms with Gasteiger partial charge in [-0.3, -0.25) is 4.98 Å². The Labute approximate surface area is 397 Å². The molecule has 0 amide bonds. The van der Waals surface area contributed by atoms with Gasteiger partial charge in [0.25, 0.3) is 0 Å². The van der Waals surface area contributed by atoms with Crippen LogP contribution in [0, 0.1) is 0 Å². The van der Waals surface area contributed by atoms with Crippen LogP contribution in [0.1, 0.15) is 0 Å². The summed E-state index contributed by atoms with van der Waals surface area (Å²) < 4.78 is 6.58.